The number of hydrogen-bond acceptors (Lipinski definition) is 10. The van der Waals surface area contributed by atoms with E-state index in [4.69, 9.17) is 0 Å². The Bertz CT molecular complexity index is 2050. The molecule has 0 spiro atoms. The van der Waals surface area contributed by atoms with Crippen LogP contribution in [-0.2, 0) is 23.7 Å². The van der Waals surface area contributed by atoms with Crippen LogP contribution < -0.4 is 0 Å². The van der Waals surface area contributed by atoms with Gasteiger partial charge in [0.2, 0.25) is 0 Å². The molecule has 0 amide bonds. The molecule has 0 aliphatic heterocycles. The number of thiophene rings is 4. The number of allylic oxidation sites excluding steroid dienone is 2. The number of aromatic nitrogens is 6. The van der Waals surface area contributed by atoms with Crippen molar-refractivity contribution in [1.29, 1.82) is 0 Å². The van der Waals surface area contributed by atoms with Gasteiger partial charge < -0.3 is 0 Å². The molecule has 12 heteroatoms. The largest absolute Gasteiger partial charge is 0.281 e. The van der Waals surface area contributed by atoms with Gasteiger partial charge >= 0.3 is 0 Å². The SMILES string of the molecule is C1=CC(c2ccsc2)(c2ccsc2)Cc2[nH]nc(-c3cncs3)c21.C1=CC(c2ccsc2)(c2ccsc2)Cc2[nH]nc(-c3cscn3)c21. The Hall–Kier alpha value is -4.04. The zero-order valence-corrected chi connectivity index (χ0v) is 30.1. The highest BCUT2D eigenvalue weighted by molar-refractivity contribution is 7.13. The normalized spacial score (nSPS) is 15.5. The van der Waals surface area contributed by atoms with E-state index in [1.165, 1.54) is 44.8 Å². The van der Waals surface area contributed by atoms with E-state index in [-0.39, 0.29) is 10.8 Å². The maximum Gasteiger partial charge on any atom is 0.119 e. The van der Waals surface area contributed by atoms with Gasteiger partial charge in [0.1, 0.15) is 17.1 Å². The molecule has 0 radical (unpaired) electrons. The minimum atomic E-state index is -0.112. The van der Waals surface area contributed by atoms with Crippen LogP contribution in [0.15, 0.2) is 102 Å². The molecule has 6 nitrogen and oxygen atoms in total. The van der Waals surface area contributed by atoms with Crippen molar-refractivity contribution in [3.63, 3.8) is 0 Å². The Kier molecular flexibility index (Phi) is 7.79. The zero-order valence-electron chi connectivity index (χ0n) is 25.2. The van der Waals surface area contributed by atoms with E-state index in [2.05, 4.69) is 122 Å². The van der Waals surface area contributed by atoms with E-state index in [9.17, 15) is 0 Å². The van der Waals surface area contributed by atoms with Gasteiger partial charge in [-0.25, -0.2) is 4.98 Å². The summed E-state index contributed by atoms with van der Waals surface area (Å²) in [6.45, 7) is 0. The Morgan fingerprint density at radius 1 is 0.583 bits per heavy atom. The van der Waals surface area contributed by atoms with Crippen molar-refractivity contribution in [2.75, 3.05) is 0 Å². The standard InChI is InChI=1S/2C18H13N3S3/c1-4-18(12-2-5-22-9-12,13-3-6-23-10-13)7-15-14(1)17(21-20-15)16-8-19-11-24-16;1-4-18(12-2-5-22-8-12,13-3-6-23-9-13)7-15-14(1)17(21-20-15)16-10-24-11-19-16/h2*1-6,8-11H,7H2,(H,20,21). The maximum atomic E-state index is 4.57. The van der Waals surface area contributed by atoms with Crippen LogP contribution in [0.5, 0.6) is 0 Å². The van der Waals surface area contributed by atoms with Crippen LogP contribution in [0.2, 0.25) is 0 Å². The molecule has 8 heterocycles. The van der Waals surface area contributed by atoms with E-state index >= 15 is 0 Å². The highest BCUT2D eigenvalue weighted by Gasteiger charge is 2.38. The van der Waals surface area contributed by atoms with Crippen molar-refractivity contribution in [3.05, 3.63) is 147 Å². The van der Waals surface area contributed by atoms with Gasteiger partial charge in [0.15, 0.2) is 0 Å². The Labute approximate surface area is 300 Å². The summed E-state index contributed by atoms with van der Waals surface area (Å²) in [4.78, 5) is 9.70. The maximum absolute atomic E-state index is 4.57. The summed E-state index contributed by atoms with van der Waals surface area (Å²) in [6.07, 6.45) is 12.8. The van der Waals surface area contributed by atoms with Crippen LogP contribution in [0.25, 0.3) is 34.1 Å². The smallest absolute Gasteiger partial charge is 0.119 e. The molecule has 8 aromatic heterocycles. The molecule has 0 unspecified atom stereocenters. The third-order valence-electron chi connectivity index (χ3n) is 9.23. The lowest BCUT2D eigenvalue weighted by molar-refractivity contribution is 0.625. The molecule has 10 rings (SSSR count). The first-order valence-corrected chi connectivity index (χ1v) is 20.7. The van der Waals surface area contributed by atoms with Gasteiger partial charge in [0.05, 0.1) is 15.9 Å². The molecular weight excluding hydrogens is 709 g/mol. The number of H-pyrrole nitrogens is 2. The van der Waals surface area contributed by atoms with Crippen molar-refractivity contribution >= 4 is 80.2 Å². The van der Waals surface area contributed by atoms with Crippen molar-refractivity contribution < 1.29 is 0 Å². The topological polar surface area (TPSA) is 83.1 Å². The number of nitrogens with one attached hydrogen (secondary N) is 2. The van der Waals surface area contributed by atoms with E-state index in [0.717, 1.165) is 34.8 Å². The van der Waals surface area contributed by atoms with Crippen LogP contribution >= 0.6 is 68.0 Å². The Morgan fingerprint density at radius 3 is 1.54 bits per heavy atom. The van der Waals surface area contributed by atoms with Crippen LogP contribution in [0.3, 0.4) is 0 Å². The minimum Gasteiger partial charge on any atom is -0.281 e. The molecule has 2 N–H and O–H groups in total. The number of nitrogens with zero attached hydrogens (tertiary/aromatic N) is 4. The Balaban J connectivity index is 0.000000131. The molecule has 2 aliphatic rings. The lowest BCUT2D eigenvalue weighted by atomic mass is 9.70. The van der Waals surface area contributed by atoms with Crippen molar-refractivity contribution in [2.45, 2.75) is 23.7 Å². The summed E-state index contributed by atoms with van der Waals surface area (Å²) in [6, 6.07) is 8.93. The average Bonchev–Trinajstić information content (AvgIpc) is 3.99. The van der Waals surface area contributed by atoms with Crippen LogP contribution in [0.1, 0.15) is 44.8 Å². The molecule has 8 aromatic rings. The summed E-state index contributed by atoms with van der Waals surface area (Å²) >= 11 is 10.2. The summed E-state index contributed by atoms with van der Waals surface area (Å²) < 4.78 is 0. The molecule has 2 aliphatic carbocycles. The van der Waals surface area contributed by atoms with Gasteiger partial charge in [-0.1, -0.05) is 24.3 Å². The fourth-order valence-corrected chi connectivity index (χ4v) is 10.9. The highest BCUT2D eigenvalue weighted by Crippen LogP contribution is 2.46. The monoisotopic (exact) mass is 734 g/mol. The molecule has 0 saturated heterocycles. The third-order valence-corrected chi connectivity index (χ3v) is 13.3. The third kappa shape index (κ3) is 5.06. The van der Waals surface area contributed by atoms with Crippen LogP contribution in [0.4, 0.5) is 0 Å². The first-order chi connectivity index (χ1) is 23.7. The van der Waals surface area contributed by atoms with E-state index in [0.29, 0.717) is 0 Å². The molecule has 0 fully saturated rings. The van der Waals surface area contributed by atoms with Gasteiger partial charge in [-0.3, -0.25) is 15.2 Å². The lowest BCUT2D eigenvalue weighted by Crippen LogP contribution is -2.29. The number of hydrogen-bond donors (Lipinski definition) is 2. The van der Waals surface area contributed by atoms with Crippen molar-refractivity contribution in [3.8, 4) is 22.0 Å². The minimum absolute atomic E-state index is 0.107. The first-order valence-electron chi connectivity index (χ1n) is 15.1. The highest BCUT2D eigenvalue weighted by atomic mass is 32.1. The zero-order chi connectivity index (χ0) is 32.0. The summed E-state index contributed by atoms with van der Waals surface area (Å²) in [5.41, 5.74) is 16.5. The number of aromatic amines is 2. The summed E-state index contributed by atoms with van der Waals surface area (Å²) in [7, 11) is 0. The van der Waals surface area contributed by atoms with E-state index in [1.807, 2.05) is 22.6 Å². The van der Waals surface area contributed by atoms with Gasteiger partial charge in [0, 0.05) is 57.8 Å². The average molecular weight is 735 g/mol. The van der Waals surface area contributed by atoms with Crippen molar-refractivity contribution in [2.24, 2.45) is 0 Å². The second-order valence-electron chi connectivity index (χ2n) is 11.7. The van der Waals surface area contributed by atoms with Crippen molar-refractivity contribution in [1.82, 2.24) is 30.4 Å². The van der Waals surface area contributed by atoms with Gasteiger partial charge in [0.25, 0.3) is 0 Å². The Morgan fingerprint density at radius 2 is 1.10 bits per heavy atom. The predicted octanol–water partition coefficient (Wildman–Crippen LogP) is 10.4. The van der Waals surface area contributed by atoms with Gasteiger partial charge in [-0.15, -0.1) is 22.7 Å². The number of fused-ring (bicyclic) bond motifs is 2. The number of thiazole rings is 2. The van der Waals surface area contributed by atoms with Gasteiger partial charge in [-0.2, -0.15) is 55.5 Å². The lowest BCUT2D eigenvalue weighted by Gasteiger charge is -2.32. The number of rotatable bonds is 6. The fraction of sp³-hybridized carbons (Fsp3) is 0.111. The first kappa shape index (κ1) is 30.1. The van der Waals surface area contributed by atoms with Crippen LogP contribution in [0, 0.1) is 0 Å². The quantitative estimate of drug-likeness (QED) is 0.178. The molecular formula is C36H26N6S6. The molecule has 0 atom stereocenters. The predicted molar refractivity (Wildman–Crippen MR) is 204 cm³/mol. The molecule has 48 heavy (non-hydrogen) atoms. The summed E-state index contributed by atoms with van der Waals surface area (Å²) in [5, 5.41) is 35.3. The molecule has 0 bridgehead atoms. The van der Waals surface area contributed by atoms with Crippen LogP contribution in [-0.4, -0.2) is 30.4 Å². The molecule has 0 saturated carbocycles. The second-order valence-corrected chi connectivity index (χ2v) is 16.4. The van der Waals surface area contributed by atoms with Gasteiger partial charge in [-0.05, 0) is 89.6 Å². The molecule has 236 valence electrons. The fourth-order valence-electron chi connectivity index (χ4n) is 6.77. The second kappa shape index (κ2) is 12.4. The summed E-state index contributed by atoms with van der Waals surface area (Å²) in [5.74, 6) is 0. The van der Waals surface area contributed by atoms with E-state index < -0.39 is 0 Å². The molecule has 0 aromatic carbocycles. The van der Waals surface area contributed by atoms with E-state index in [1.54, 1.807) is 68.0 Å².